The third-order valence-electron chi connectivity index (χ3n) is 4.42. The molecular weight excluding hydrogens is 460 g/mol. The van der Waals surface area contributed by atoms with Gasteiger partial charge in [-0.25, -0.2) is 4.79 Å². The number of alkyl carbamates (subject to hydrolysis) is 1. The minimum atomic E-state index is -1.60. The van der Waals surface area contributed by atoms with Crippen molar-refractivity contribution >= 4 is 29.8 Å². The summed E-state index contributed by atoms with van der Waals surface area (Å²) in [6.07, 6.45) is 4.07. The molecule has 0 aromatic heterocycles. The Morgan fingerprint density at radius 1 is 1.20 bits per heavy atom. The van der Waals surface area contributed by atoms with Crippen molar-refractivity contribution in [1.29, 1.82) is 0 Å². The third kappa shape index (κ3) is 9.24. The summed E-state index contributed by atoms with van der Waals surface area (Å²) in [7, 11) is 1.12. The van der Waals surface area contributed by atoms with Crippen LogP contribution in [0.1, 0.15) is 45.2 Å². The van der Waals surface area contributed by atoms with Crippen molar-refractivity contribution in [2.24, 2.45) is 5.73 Å². The van der Waals surface area contributed by atoms with Crippen molar-refractivity contribution in [3.63, 3.8) is 0 Å². The van der Waals surface area contributed by atoms with Crippen LogP contribution in [0.3, 0.4) is 0 Å². The highest BCUT2D eigenvalue weighted by Gasteiger charge is 2.37. The molecule has 2 atom stereocenters. The second-order valence-electron chi connectivity index (χ2n) is 8.30. The molecule has 0 saturated heterocycles. The summed E-state index contributed by atoms with van der Waals surface area (Å²) in [6, 6.07) is 4.70. The number of nitrogens with two attached hydrogens (primary N) is 1. The van der Waals surface area contributed by atoms with E-state index in [0.29, 0.717) is 4.90 Å². The number of nitrogens with one attached hydrogen (secondary N) is 2. The molecule has 12 nitrogen and oxygen atoms in total. The predicted octanol–water partition coefficient (Wildman–Crippen LogP) is 0.301. The smallest absolute Gasteiger partial charge is 0.408 e. The number of hydrogen-bond acceptors (Lipinski definition) is 8. The molecule has 12 heteroatoms. The average molecular weight is 491 g/mol. The van der Waals surface area contributed by atoms with Crippen LogP contribution >= 0.6 is 0 Å². The number of para-hydroxylation sites is 1. The van der Waals surface area contributed by atoms with Gasteiger partial charge < -0.3 is 30.9 Å². The van der Waals surface area contributed by atoms with E-state index in [1.807, 2.05) is 0 Å². The summed E-state index contributed by atoms with van der Waals surface area (Å²) in [5.74, 6) is -3.73. The summed E-state index contributed by atoms with van der Waals surface area (Å²) in [6.45, 7) is 4.30. The van der Waals surface area contributed by atoms with Crippen LogP contribution in [0.25, 0.3) is 0 Å². The van der Waals surface area contributed by atoms with Crippen LogP contribution in [-0.4, -0.2) is 65.1 Å². The quantitative estimate of drug-likeness (QED) is 0.205. The highest BCUT2D eigenvalue weighted by atomic mass is 16.6. The molecule has 5 N–H and O–H groups in total. The van der Waals surface area contributed by atoms with Gasteiger partial charge in [-0.1, -0.05) is 24.6 Å². The number of phenolic OH excluding ortho intramolecular Hbond substituents is 1. The molecule has 1 aromatic carbocycles. The van der Waals surface area contributed by atoms with Gasteiger partial charge in [0.2, 0.25) is 11.8 Å². The lowest BCUT2D eigenvalue weighted by Crippen LogP contribution is -2.52. The van der Waals surface area contributed by atoms with Crippen molar-refractivity contribution in [1.82, 2.24) is 15.5 Å². The SMILES string of the molecule is C#CN(C(=O)C(CCC(N)=O)NC(=O)OC(C)(C)C)C(C(=O)NCC(=O)OC)c1ccccc1O. The number of carbonyl (C=O) groups is 5. The number of methoxy groups -OCH3 is 1. The minimum Gasteiger partial charge on any atom is -0.508 e. The Kier molecular flexibility index (Phi) is 10.5. The first kappa shape index (κ1) is 28.8. The summed E-state index contributed by atoms with van der Waals surface area (Å²) in [5, 5.41) is 15.0. The normalized spacial score (nSPS) is 12.3. The van der Waals surface area contributed by atoms with Gasteiger partial charge in [-0.3, -0.25) is 24.1 Å². The molecule has 0 aliphatic heterocycles. The number of amides is 4. The first-order valence-electron chi connectivity index (χ1n) is 10.5. The number of benzene rings is 1. The lowest BCUT2D eigenvalue weighted by atomic mass is 10.0. The maximum atomic E-state index is 13.4. The monoisotopic (exact) mass is 490 g/mol. The molecule has 0 aliphatic carbocycles. The molecule has 0 spiro atoms. The number of carbonyl (C=O) groups excluding carboxylic acids is 5. The molecule has 1 rings (SSSR count). The minimum absolute atomic E-state index is 0.0490. The predicted molar refractivity (Wildman–Crippen MR) is 123 cm³/mol. The molecule has 0 heterocycles. The number of nitrogens with zero attached hydrogens (tertiary/aromatic N) is 1. The van der Waals surface area contributed by atoms with Gasteiger partial charge in [-0.05, 0) is 33.3 Å². The zero-order valence-electron chi connectivity index (χ0n) is 20.0. The van der Waals surface area contributed by atoms with Crippen molar-refractivity contribution in [2.75, 3.05) is 13.7 Å². The van der Waals surface area contributed by atoms with E-state index in [-0.39, 0.29) is 24.2 Å². The number of hydrogen-bond donors (Lipinski definition) is 4. The largest absolute Gasteiger partial charge is 0.508 e. The number of rotatable bonds is 10. The fourth-order valence-corrected chi connectivity index (χ4v) is 2.87. The molecule has 190 valence electrons. The summed E-state index contributed by atoms with van der Waals surface area (Å²) < 4.78 is 9.66. The molecule has 0 radical (unpaired) electrons. The van der Waals surface area contributed by atoms with Gasteiger partial charge in [-0.15, -0.1) is 0 Å². The number of aromatic hydroxyl groups is 1. The van der Waals surface area contributed by atoms with Crippen molar-refractivity contribution in [3.8, 4) is 18.2 Å². The molecule has 0 bridgehead atoms. The highest BCUT2D eigenvalue weighted by molar-refractivity contribution is 5.94. The Bertz CT molecular complexity index is 996. The van der Waals surface area contributed by atoms with Crippen LogP contribution < -0.4 is 16.4 Å². The summed E-state index contributed by atoms with van der Waals surface area (Å²) >= 11 is 0. The van der Waals surface area contributed by atoms with Gasteiger partial charge in [-0.2, -0.15) is 0 Å². The van der Waals surface area contributed by atoms with Gasteiger partial charge in [0, 0.05) is 18.0 Å². The van der Waals surface area contributed by atoms with Gasteiger partial charge in [0.25, 0.3) is 5.91 Å². The van der Waals surface area contributed by atoms with E-state index in [4.69, 9.17) is 16.9 Å². The zero-order chi connectivity index (χ0) is 26.8. The standard InChI is InChI=1S/C23H30N4O8/c1-6-27(21(32)15(11-12-17(24)29)26-22(33)35-23(2,3)4)19(14-9-7-8-10-16(14)28)20(31)25-13-18(30)34-5/h1,7-10,15,19,28H,11-13H2,2-5H3,(H2,24,29)(H,25,31)(H,26,33). The van der Waals surface area contributed by atoms with E-state index >= 15 is 0 Å². The summed E-state index contributed by atoms with van der Waals surface area (Å²) in [5.41, 5.74) is 4.25. The number of primary amides is 1. The van der Waals surface area contributed by atoms with Crippen LogP contribution in [0.2, 0.25) is 0 Å². The Balaban J connectivity index is 3.38. The van der Waals surface area contributed by atoms with E-state index in [0.717, 1.165) is 7.11 Å². The summed E-state index contributed by atoms with van der Waals surface area (Å²) in [4.78, 5) is 62.2. The lowest BCUT2D eigenvalue weighted by molar-refractivity contribution is -0.142. The van der Waals surface area contributed by atoms with E-state index in [1.165, 1.54) is 24.3 Å². The molecule has 0 fully saturated rings. The van der Waals surface area contributed by atoms with E-state index in [9.17, 15) is 29.1 Å². The Morgan fingerprint density at radius 3 is 2.34 bits per heavy atom. The molecule has 0 saturated carbocycles. The van der Waals surface area contributed by atoms with Crippen LogP contribution in [0.5, 0.6) is 5.75 Å². The van der Waals surface area contributed by atoms with Crippen LogP contribution in [0, 0.1) is 12.5 Å². The van der Waals surface area contributed by atoms with Crippen LogP contribution in [0.4, 0.5) is 4.79 Å². The average Bonchev–Trinajstić information content (AvgIpc) is 2.77. The fourth-order valence-electron chi connectivity index (χ4n) is 2.87. The number of ether oxygens (including phenoxy) is 2. The van der Waals surface area contributed by atoms with Gasteiger partial charge in [0.1, 0.15) is 23.9 Å². The third-order valence-corrected chi connectivity index (χ3v) is 4.42. The first-order chi connectivity index (χ1) is 16.3. The maximum Gasteiger partial charge on any atom is 0.408 e. The number of esters is 1. The number of terminal acetylenes is 1. The van der Waals surface area contributed by atoms with E-state index in [2.05, 4.69) is 21.4 Å². The molecule has 1 aromatic rings. The Morgan fingerprint density at radius 2 is 1.83 bits per heavy atom. The van der Waals surface area contributed by atoms with E-state index < -0.39 is 54.0 Å². The molecular formula is C23H30N4O8. The fraction of sp³-hybridized carbons (Fsp3) is 0.435. The second kappa shape index (κ2) is 12.8. The molecule has 0 aliphatic rings. The topological polar surface area (TPSA) is 177 Å². The Hall–Kier alpha value is -4.27. The maximum absolute atomic E-state index is 13.4. The van der Waals surface area contributed by atoms with Crippen molar-refractivity contribution < 1.29 is 38.6 Å². The van der Waals surface area contributed by atoms with Gasteiger partial charge in [0.05, 0.1) is 7.11 Å². The number of phenols is 1. The van der Waals surface area contributed by atoms with Crippen LogP contribution in [-0.2, 0) is 28.7 Å². The van der Waals surface area contributed by atoms with Crippen molar-refractivity contribution in [2.45, 2.75) is 51.3 Å². The highest BCUT2D eigenvalue weighted by Crippen LogP contribution is 2.29. The lowest BCUT2D eigenvalue weighted by Gasteiger charge is -2.30. The van der Waals surface area contributed by atoms with Gasteiger partial charge in [0.15, 0.2) is 6.04 Å². The van der Waals surface area contributed by atoms with Crippen molar-refractivity contribution in [3.05, 3.63) is 29.8 Å². The Labute approximate surface area is 203 Å². The van der Waals surface area contributed by atoms with E-state index in [1.54, 1.807) is 20.8 Å². The van der Waals surface area contributed by atoms with Crippen LogP contribution in [0.15, 0.2) is 24.3 Å². The first-order valence-corrected chi connectivity index (χ1v) is 10.5. The molecule has 35 heavy (non-hydrogen) atoms. The van der Waals surface area contributed by atoms with Gasteiger partial charge >= 0.3 is 12.1 Å². The second-order valence-corrected chi connectivity index (χ2v) is 8.30. The molecule has 2 unspecified atom stereocenters. The molecule has 4 amide bonds. The zero-order valence-corrected chi connectivity index (χ0v) is 20.0.